The fourth-order valence-electron chi connectivity index (χ4n) is 4.98. The first-order valence-corrected chi connectivity index (χ1v) is 10.7. The van der Waals surface area contributed by atoms with E-state index in [1.54, 1.807) is 13.1 Å². The van der Waals surface area contributed by atoms with Gasteiger partial charge in [0.15, 0.2) is 0 Å². The quantitative estimate of drug-likeness (QED) is 0.850. The van der Waals surface area contributed by atoms with Gasteiger partial charge < -0.3 is 14.8 Å². The molecule has 1 N–H and O–H groups in total. The van der Waals surface area contributed by atoms with Crippen molar-refractivity contribution in [2.45, 2.75) is 39.2 Å². The normalized spacial score (nSPS) is 21.1. The molecule has 3 heterocycles. The molecule has 1 aromatic heterocycles. The summed E-state index contributed by atoms with van der Waals surface area (Å²) < 4.78 is 2.01. The summed E-state index contributed by atoms with van der Waals surface area (Å²) in [6, 6.07) is 12.0. The first-order chi connectivity index (χ1) is 13.9. The van der Waals surface area contributed by atoms with E-state index < -0.39 is 0 Å². The molecule has 0 aliphatic carbocycles. The van der Waals surface area contributed by atoms with Crippen molar-refractivity contribution in [2.24, 2.45) is 11.8 Å². The molecule has 0 spiro atoms. The molecule has 2 aromatic rings. The van der Waals surface area contributed by atoms with E-state index in [9.17, 15) is 9.59 Å². The molecule has 1 fully saturated rings. The maximum Gasteiger partial charge on any atom is 0.251 e. The molecule has 0 radical (unpaired) electrons. The molecule has 1 saturated heterocycles. The lowest BCUT2D eigenvalue weighted by Gasteiger charge is -2.43. The van der Waals surface area contributed by atoms with Crippen LogP contribution in [-0.2, 0) is 17.8 Å². The molecule has 154 valence electrons. The summed E-state index contributed by atoms with van der Waals surface area (Å²) in [5.41, 5.74) is 4.28. The van der Waals surface area contributed by atoms with Crippen LogP contribution in [0, 0.1) is 11.8 Å². The number of carbonyl (C=O) groups is 1. The average molecular weight is 394 g/mol. The van der Waals surface area contributed by atoms with E-state index in [4.69, 9.17) is 0 Å². The Balaban J connectivity index is 1.61. The smallest absolute Gasteiger partial charge is 0.251 e. The van der Waals surface area contributed by atoms with Gasteiger partial charge in [0.1, 0.15) is 0 Å². The molecule has 5 heteroatoms. The highest BCUT2D eigenvalue weighted by molar-refractivity contribution is 5.78. The van der Waals surface area contributed by atoms with Gasteiger partial charge >= 0.3 is 0 Å². The van der Waals surface area contributed by atoms with Gasteiger partial charge in [0.2, 0.25) is 5.91 Å². The van der Waals surface area contributed by atoms with Crippen LogP contribution in [0.2, 0.25) is 0 Å². The zero-order valence-corrected chi connectivity index (χ0v) is 17.6. The molecule has 2 atom stereocenters. The molecule has 1 amide bonds. The first-order valence-electron chi connectivity index (χ1n) is 10.7. The van der Waals surface area contributed by atoms with Gasteiger partial charge in [-0.1, -0.05) is 38.1 Å². The van der Waals surface area contributed by atoms with E-state index in [-0.39, 0.29) is 11.5 Å². The van der Waals surface area contributed by atoms with E-state index in [1.165, 1.54) is 12.1 Å². The number of hydrogen-bond donors (Lipinski definition) is 1. The number of fused-ring (bicyclic) bond motifs is 4. The largest absolute Gasteiger partial charge is 0.359 e. The van der Waals surface area contributed by atoms with Crippen molar-refractivity contribution in [1.29, 1.82) is 0 Å². The van der Waals surface area contributed by atoms with Crippen LogP contribution in [0.1, 0.15) is 37.4 Å². The standard InChI is InChI=1S/C24H31N3O2/c1-16(2)12-26-13-18-8-21(15-26)22-10-20(11-24(29)27(22)14-18)19-6-4-17(5-7-19)9-23(28)25-3/h4-7,10-11,16,18,21H,8-9,12-15H2,1-3H3,(H,25,28)/t18-,21+/m0/s1. The number of aromatic nitrogens is 1. The average Bonchev–Trinajstić information content (AvgIpc) is 2.68. The van der Waals surface area contributed by atoms with Gasteiger partial charge in [-0.25, -0.2) is 0 Å². The highest BCUT2D eigenvalue weighted by Crippen LogP contribution is 2.36. The second-order valence-corrected chi connectivity index (χ2v) is 9.08. The number of nitrogens with one attached hydrogen (secondary N) is 1. The number of hydrogen-bond acceptors (Lipinski definition) is 3. The third-order valence-electron chi connectivity index (χ3n) is 6.19. The van der Waals surface area contributed by atoms with E-state index in [1.807, 2.05) is 28.8 Å². The molecule has 29 heavy (non-hydrogen) atoms. The molecule has 1 aromatic carbocycles. The molecular weight excluding hydrogens is 362 g/mol. The Morgan fingerprint density at radius 1 is 1.10 bits per heavy atom. The number of benzene rings is 1. The van der Waals surface area contributed by atoms with Crippen LogP contribution in [-0.4, -0.2) is 42.1 Å². The Kier molecular flexibility index (Phi) is 5.59. The van der Waals surface area contributed by atoms with Crippen molar-refractivity contribution < 1.29 is 4.79 Å². The van der Waals surface area contributed by atoms with Gasteiger partial charge in [0, 0.05) is 50.9 Å². The second kappa shape index (κ2) is 8.15. The Morgan fingerprint density at radius 2 is 1.86 bits per heavy atom. The lowest BCUT2D eigenvalue weighted by Crippen LogP contribution is -2.48. The van der Waals surface area contributed by atoms with Crippen LogP contribution >= 0.6 is 0 Å². The summed E-state index contributed by atoms with van der Waals surface area (Å²) in [5, 5.41) is 2.65. The van der Waals surface area contributed by atoms with Crippen LogP contribution < -0.4 is 10.9 Å². The zero-order chi connectivity index (χ0) is 20.5. The molecule has 2 bridgehead atoms. The lowest BCUT2D eigenvalue weighted by atomic mass is 9.82. The summed E-state index contributed by atoms with van der Waals surface area (Å²) >= 11 is 0. The summed E-state index contributed by atoms with van der Waals surface area (Å²) in [4.78, 5) is 27.1. The maximum atomic E-state index is 12.9. The molecule has 5 nitrogen and oxygen atoms in total. The third-order valence-corrected chi connectivity index (χ3v) is 6.19. The topological polar surface area (TPSA) is 54.3 Å². The van der Waals surface area contributed by atoms with Crippen LogP contribution in [0.15, 0.2) is 41.2 Å². The SMILES string of the molecule is CNC(=O)Cc1ccc(-c2cc3n(c(=O)c2)C[C@H]2C[C@@H]3CN(CC(C)C)C2)cc1. The van der Waals surface area contributed by atoms with Gasteiger partial charge in [0.05, 0.1) is 6.42 Å². The zero-order valence-electron chi connectivity index (χ0n) is 17.6. The van der Waals surface area contributed by atoms with E-state index in [2.05, 4.69) is 30.1 Å². The number of rotatable bonds is 5. The minimum Gasteiger partial charge on any atom is -0.359 e. The van der Waals surface area contributed by atoms with Crippen LogP contribution in [0.25, 0.3) is 11.1 Å². The van der Waals surface area contributed by atoms with Crippen LogP contribution in [0.3, 0.4) is 0 Å². The first kappa shape index (κ1) is 19.9. The number of carbonyl (C=O) groups excluding carboxylic acids is 1. The summed E-state index contributed by atoms with van der Waals surface area (Å²) in [7, 11) is 1.65. The molecular formula is C24H31N3O2. The number of nitrogens with zero attached hydrogens (tertiary/aromatic N) is 2. The highest BCUT2D eigenvalue weighted by Gasteiger charge is 2.34. The number of amides is 1. The maximum absolute atomic E-state index is 12.9. The van der Waals surface area contributed by atoms with Crippen molar-refractivity contribution in [2.75, 3.05) is 26.7 Å². The monoisotopic (exact) mass is 393 g/mol. The second-order valence-electron chi connectivity index (χ2n) is 9.08. The molecule has 2 aliphatic rings. The van der Waals surface area contributed by atoms with Gasteiger partial charge in [-0.3, -0.25) is 9.59 Å². The fourth-order valence-corrected chi connectivity index (χ4v) is 4.98. The summed E-state index contributed by atoms with van der Waals surface area (Å²) in [6.07, 6.45) is 1.56. The predicted octanol–water partition coefficient (Wildman–Crippen LogP) is 2.88. The number of pyridine rings is 1. The van der Waals surface area contributed by atoms with Crippen molar-refractivity contribution in [3.63, 3.8) is 0 Å². The van der Waals surface area contributed by atoms with Gasteiger partial charge in [-0.2, -0.15) is 0 Å². The van der Waals surface area contributed by atoms with Crippen molar-refractivity contribution >= 4 is 5.91 Å². The van der Waals surface area contributed by atoms with Crippen molar-refractivity contribution in [1.82, 2.24) is 14.8 Å². The molecule has 4 rings (SSSR count). The Hall–Kier alpha value is -2.40. The molecule has 0 saturated carbocycles. The van der Waals surface area contributed by atoms with Crippen LogP contribution in [0.5, 0.6) is 0 Å². The van der Waals surface area contributed by atoms with E-state index >= 15 is 0 Å². The fraction of sp³-hybridized carbons (Fsp3) is 0.500. The summed E-state index contributed by atoms with van der Waals surface area (Å²) in [6.45, 7) is 8.66. The predicted molar refractivity (Wildman–Crippen MR) is 116 cm³/mol. The highest BCUT2D eigenvalue weighted by atomic mass is 16.1. The lowest BCUT2D eigenvalue weighted by molar-refractivity contribution is -0.119. The van der Waals surface area contributed by atoms with Gasteiger partial charge in [-0.15, -0.1) is 0 Å². The van der Waals surface area contributed by atoms with Gasteiger partial charge in [0.25, 0.3) is 5.56 Å². The van der Waals surface area contributed by atoms with Crippen molar-refractivity contribution in [3.05, 3.63) is 58.0 Å². The molecule has 0 unspecified atom stereocenters. The Morgan fingerprint density at radius 3 is 2.55 bits per heavy atom. The minimum atomic E-state index is 0.00239. The Bertz CT molecular complexity index is 946. The van der Waals surface area contributed by atoms with E-state index in [0.717, 1.165) is 42.9 Å². The minimum absolute atomic E-state index is 0.00239. The number of likely N-dealkylation sites (tertiary alicyclic amines) is 1. The number of likely N-dealkylation sites (N-methyl/N-ethyl adjacent to an activating group) is 1. The van der Waals surface area contributed by atoms with Crippen molar-refractivity contribution in [3.8, 4) is 11.1 Å². The van der Waals surface area contributed by atoms with Crippen LogP contribution in [0.4, 0.5) is 0 Å². The summed E-state index contributed by atoms with van der Waals surface area (Å²) in [5.74, 6) is 1.67. The van der Waals surface area contributed by atoms with E-state index in [0.29, 0.717) is 24.2 Å². The number of piperidine rings is 1. The third kappa shape index (κ3) is 4.30. The molecule has 2 aliphatic heterocycles. The Labute approximate surface area is 172 Å². The van der Waals surface area contributed by atoms with Gasteiger partial charge in [-0.05, 0) is 41.0 Å².